The van der Waals surface area contributed by atoms with Crippen LogP contribution in [0.3, 0.4) is 0 Å². The molecule has 0 unspecified atom stereocenters. The second-order valence-electron chi connectivity index (χ2n) is 11.5. The highest BCUT2D eigenvalue weighted by molar-refractivity contribution is 6.06. The highest BCUT2D eigenvalue weighted by atomic mass is 35.5. The summed E-state index contributed by atoms with van der Waals surface area (Å²) in [6.45, 7) is 1.14. The number of benzene rings is 1. The van der Waals surface area contributed by atoms with Gasteiger partial charge in [0.15, 0.2) is 17.0 Å². The number of rotatable bonds is 7. The average molecular weight is 619 g/mol. The number of aromatic nitrogens is 4. The topological polar surface area (TPSA) is 157 Å². The van der Waals surface area contributed by atoms with Gasteiger partial charge in [-0.1, -0.05) is 25.0 Å². The molecule has 3 aliphatic rings. The van der Waals surface area contributed by atoms with E-state index >= 15 is 0 Å². The number of nitrogens with two attached hydrogens (primary N) is 2. The number of halogens is 2. The van der Waals surface area contributed by atoms with Gasteiger partial charge < -0.3 is 31.6 Å². The molecule has 13 heteroatoms. The molecule has 0 radical (unpaired) electrons. The standard InChI is InChI=1S/C29H39N9O2.2ClH/c30-18-9-11-19(12-10-18)34-29-35-26(24-27(36-29)38(17-32-24)21-5-1-2-6-21)33-20-13-15-37(16-14-20)28(40)23-8-4-3-7-22(23)25(31)39;;/h3-4,7-8,17-21H,1-2,5-6,9-16,30H2,(H2,31,39)(H2,33,34,35,36);2*1H. The van der Waals surface area contributed by atoms with Crippen molar-refractivity contribution < 1.29 is 9.59 Å². The van der Waals surface area contributed by atoms with Crippen LogP contribution in [0.1, 0.15) is 91.0 Å². The van der Waals surface area contributed by atoms with Gasteiger partial charge in [0, 0.05) is 37.3 Å². The third-order valence-electron chi connectivity index (χ3n) is 8.79. The van der Waals surface area contributed by atoms with Gasteiger partial charge in [-0.05, 0) is 63.5 Å². The minimum absolute atomic E-state index is 0. The highest BCUT2D eigenvalue weighted by Crippen LogP contribution is 2.34. The van der Waals surface area contributed by atoms with E-state index in [-0.39, 0.29) is 48.4 Å². The van der Waals surface area contributed by atoms with Crippen molar-refractivity contribution in [3.05, 3.63) is 41.7 Å². The second kappa shape index (κ2) is 13.9. The van der Waals surface area contributed by atoms with Gasteiger partial charge in [0.1, 0.15) is 0 Å². The van der Waals surface area contributed by atoms with Crippen molar-refractivity contribution in [1.29, 1.82) is 0 Å². The Labute approximate surface area is 258 Å². The van der Waals surface area contributed by atoms with E-state index in [4.69, 9.17) is 26.4 Å². The van der Waals surface area contributed by atoms with Crippen molar-refractivity contribution in [3.63, 3.8) is 0 Å². The molecule has 3 aromatic rings. The molecule has 3 heterocycles. The first-order valence-corrected chi connectivity index (χ1v) is 14.7. The van der Waals surface area contributed by atoms with Crippen LogP contribution in [0.15, 0.2) is 30.6 Å². The van der Waals surface area contributed by atoms with Crippen LogP contribution in [0.25, 0.3) is 11.2 Å². The third kappa shape index (κ3) is 6.74. The molecule has 6 rings (SSSR count). The van der Waals surface area contributed by atoms with E-state index in [1.165, 1.54) is 12.8 Å². The van der Waals surface area contributed by atoms with Crippen molar-refractivity contribution in [2.45, 2.75) is 88.4 Å². The summed E-state index contributed by atoms with van der Waals surface area (Å²) >= 11 is 0. The smallest absolute Gasteiger partial charge is 0.254 e. The summed E-state index contributed by atoms with van der Waals surface area (Å²) in [5, 5.41) is 7.23. The molecule has 2 amide bonds. The molecule has 0 spiro atoms. The lowest BCUT2D eigenvalue weighted by atomic mass is 9.92. The summed E-state index contributed by atoms with van der Waals surface area (Å²) in [4.78, 5) is 41.4. The normalized spacial score (nSPS) is 21.4. The first kappa shape index (κ1) is 31.8. The number of likely N-dealkylation sites (tertiary alicyclic amines) is 1. The van der Waals surface area contributed by atoms with Gasteiger partial charge in [0.05, 0.1) is 17.5 Å². The van der Waals surface area contributed by atoms with Gasteiger partial charge >= 0.3 is 0 Å². The molecular weight excluding hydrogens is 577 g/mol. The van der Waals surface area contributed by atoms with E-state index in [0.29, 0.717) is 36.7 Å². The molecule has 1 aliphatic heterocycles. The number of piperidine rings is 1. The third-order valence-corrected chi connectivity index (χ3v) is 8.79. The molecular formula is C29H41Cl2N9O2. The van der Waals surface area contributed by atoms with Gasteiger partial charge in [0.2, 0.25) is 11.9 Å². The largest absolute Gasteiger partial charge is 0.366 e. The number of carbonyl (C=O) groups excluding carboxylic acids is 2. The van der Waals surface area contributed by atoms with E-state index in [2.05, 4.69) is 15.2 Å². The Balaban J connectivity index is 0.00000202. The fourth-order valence-corrected chi connectivity index (χ4v) is 6.45. The summed E-state index contributed by atoms with van der Waals surface area (Å²) in [6.07, 6.45) is 12.2. The number of hydrogen-bond acceptors (Lipinski definition) is 8. The van der Waals surface area contributed by atoms with Gasteiger partial charge in [-0.15, -0.1) is 24.8 Å². The number of nitrogens with zero attached hydrogens (tertiary/aromatic N) is 5. The minimum atomic E-state index is -0.592. The van der Waals surface area contributed by atoms with Gasteiger partial charge in [0.25, 0.3) is 5.91 Å². The Morgan fingerprint density at radius 3 is 2.14 bits per heavy atom. The van der Waals surface area contributed by atoms with Crippen LogP contribution in [-0.4, -0.2) is 67.4 Å². The molecule has 42 heavy (non-hydrogen) atoms. The van der Waals surface area contributed by atoms with Crippen molar-refractivity contribution >= 4 is 59.6 Å². The lowest BCUT2D eigenvalue weighted by Crippen LogP contribution is -2.43. The average Bonchev–Trinajstić information content (AvgIpc) is 3.65. The number of fused-ring (bicyclic) bond motifs is 1. The van der Waals surface area contributed by atoms with Crippen LogP contribution in [0.4, 0.5) is 11.8 Å². The number of nitrogens with one attached hydrogen (secondary N) is 2. The van der Waals surface area contributed by atoms with Crippen LogP contribution in [0, 0.1) is 0 Å². The van der Waals surface area contributed by atoms with E-state index in [1.807, 2.05) is 6.33 Å². The van der Waals surface area contributed by atoms with Gasteiger partial charge in [-0.2, -0.15) is 9.97 Å². The Bertz CT molecular complexity index is 1380. The fourth-order valence-electron chi connectivity index (χ4n) is 6.45. The van der Waals surface area contributed by atoms with Crippen LogP contribution >= 0.6 is 24.8 Å². The highest BCUT2D eigenvalue weighted by Gasteiger charge is 2.28. The van der Waals surface area contributed by atoms with Crippen molar-refractivity contribution in [1.82, 2.24) is 24.4 Å². The molecule has 0 bridgehead atoms. The lowest BCUT2D eigenvalue weighted by molar-refractivity contribution is 0.0714. The number of amides is 2. The molecule has 1 aromatic carbocycles. The summed E-state index contributed by atoms with van der Waals surface area (Å²) in [5.41, 5.74) is 13.9. The summed E-state index contributed by atoms with van der Waals surface area (Å²) in [7, 11) is 0. The molecule has 1 saturated heterocycles. The zero-order chi connectivity index (χ0) is 27.6. The minimum Gasteiger partial charge on any atom is -0.366 e. The second-order valence-corrected chi connectivity index (χ2v) is 11.5. The molecule has 0 atom stereocenters. The summed E-state index contributed by atoms with van der Waals surface area (Å²) in [5.74, 6) is 0.614. The quantitative estimate of drug-likeness (QED) is 0.306. The van der Waals surface area contributed by atoms with E-state index in [0.717, 1.165) is 68.3 Å². The Morgan fingerprint density at radius 1 is 0.833 bits per heavy atom. The van der Waals surface area contributed by atoms with E-state index in [9.17, 15) is 9.59 Å². The lowest BCUT2D eigenvalue weighted by Gasteiger charge is -2.33. The monoisotopic (exact) mass is 617 g/mol. The number of carbonyl (C=O) groups is 2. The van der Waals surface area contributed by atoms with Crippen LogP contribution in [-0.2, 0) is 0 Å². The van der Waals surface area contributed by atoms with Crippen LogP contribution in [0.2, 0.25) is 0 Å². The fraction of sp³-hybridized carbons (Fsp3) is 0.552. The van der Waals surface area contributed by atoms with Crippen molar-refractivity contribution in [2.24, 2.45) is 11.5 Å². The van der Waals surface area contributed by atoms with E-state index in [1.54, 1.807) is 29.2 Å². The molecule has 6 N–H and O–H groups in total. The number of hydrogen-bond donors (Lipinski definition) is 4. The summed E-state index contributed by atoms with van der Waals surface area (Å²) in [6, 6.07) is 7.88. The van der Waals surface area contributed by atoms with E-state index < -0.39 is 5.91 Å². The molecule has 2 aliphatic carbocycles. The maximum Gasteiger partial charge on any atom is 0.254 e. The molecule has 3 fully saturated rings. The molecule has 11 nitrogen and oxygen atoms in total. The van der Waals surface area contributed by atoms with Crippen LogP contribution < -0.4 is 22.1 Å². The van der Waals surface area contributed by atoms with Crippen molar-refractivity contribution in [3.8, 4) is 0 Å². The Kier molecular flexibility index (Phi) is 10.5. The maximum absolute atomic E-state index is 13.2. The summed E-state index contributed by atoms with van der Waals surface area (Å²) < 4.78 is 2.23. The Hall–Kier alpha value is -3.15. The molecule has 2 aromatic heterocycles. The zero-order valence-corrected chi connectivity index (χ0v) is 25.3. The predicted octanol–water partition coefficient (Wildman–Crippen LogP) is 4.28. The first-order valence-electron chi connectivity index (χ1n) is 14.7. The maximum atomic E-state index is 13.2. The van der Waals surface area contributed by atoms with Gasteiger partial charge in [-0.25, -0.2) is 4.98 Å². The number of primary amides is 1. The first-order chi connectivity index (χ1) is 19.5. The van der Waals surface area contributed by atoms with Crippen LogP contribution in [0.5, 0.6) is 0 Å². The Morgan fingerprint density at radius 2 is 1.48 bits per heavy atom. The van der Waals surface area contributed by atoms with Crippen molar-refractivity contribution in [2.75, 3.05) is 23.7 Å². The van der Waals surface area contributed by atoms with Gasteiger partial charge in [-0.3, -0.25) is 9.59 Å². The molecule has 228 valence electrons. The zero-order valence-electron chi connectivity index (χ0n) is 23.7. The number of imidazole rings is 1. The molecule has 2 saturated carbocycles. The predicted molar refractivity (Wildman–Crippen MR) is 169 cm³/mol. The number of anilines is 2. The SMILES string of the molecule is Cl.Cl.NC(=O)c1ccccc1C(=O)N1CCC(Nc2nc(NC3CCC(N)CC3)nc3c2ncn3C2CCCC2)CC1.